The summed E-state index contributed by atoms with van der Waals surface area (Å²) in [6.45, 7) is 2.06. The molecule has 98 valence electrons. The summed E-state index contributed by atoms with van der Waals surface area (Å²) < 4.78 is 10.7. The van der Waals surface area contributed by atoms with Gasteiger partial charge in [-0.05, 0) is 32.6 Å². The van der Waals surface area contributed by atoms with Crippen LogP contribution in [0.4, 0.5) is 0 Å². The zero-order valence-electron chi connectivity index (χ0n) is 10.3. The first-order valence-electron chi connectivity index (χ1n) is 6.20. The third-order valence-corrected chi connectivity index (χ3v) is 3.05. The first kappa shape index (κ1) is 13.1. The number of ether oxygens (including phenoxy) is 2. The molecule has 1 saturated carbocycles. The summed E-state index contributed by atoms with van der Waals surface area (Å²) >= 11 is 5.88. The van der Waals surface area contributed by atoms with Crippen molar-refractivity contribution in [2.75, 3.05) is 6.61 Å². The molecule has 1 fully saturated rings. The second-order valence-corrected chi connectivity index (χ2v) is 4.64. The van der Waals surface area contributed by atoms with Gasteiger partial charge >= 0.3 is 5.97 Å². The van der Waals surface area contributed by atoms with E-state index in [9.17, 15) is 4.79 Å². The Bertz CT molecular complexity index is 430. The fraction of sp³-hybridized carbons (Fsp3) is 0.538. The molecule has 1 aromatic rings. The van der Waals surface area contributed by atoms with Gasteiger partial charge in [0.05, 0.1) is 12.7 Å². The monoisotopic (exact) mass is 269 g/mol. The van der Waals surface area contributed by atoms with Gasteiger partial charge in [0, 0.05) is 12.1 Å². The predicted molar refractivity (Wildman–Crippen MR) is 68.1 cm³/mol. The van der Waals surface area contributed by atoms with Gasteiger partial charge in [0.25, 0.3) is 0 Å². The number of rotatable bonds is 4. The molecular formula is C13H16ClNO3. The molecule has 4 nitrogen and oxygen atoms in total. The van der Waals surface area contributed by atoms with Gasteiger partial charge in [-0.15, -0.1) is 0 Å². The van der Waals surface area contributed by atoms with Crippen LogP contribution in [0.3, 0.4) is 0 Å². The van der Waals surface area contributed by atoms with Crippen molar-refractivity contribution in [3.8, 4) is 5.75 Å². The molecule has 18 heavy (non-hydrogen) atoms. The van der Waals surface area contributed by atoms with Crippen LogP contribution in [-0.4, -0.2) is 23.7 Å². The summed E-state index contributed by atoms with van der Waals surface area (Å²) in [7, 11) is 0. The Morgan fingerprint density at radius 1 is 1.44 bits per heavy atom. The molecule has 0 bridgehead atoms. The summed E-state index contributed by atoms with van der Waals surface area (Å²) in [5, 5.41) is 0.244. The maximum absolute atomic E-state index is 11.6. The van der Waals surface area contributed by atoms with Gasteiger partial charge in [0.15, 0.2) is 5.69 Å². The second-order valence-electron chi connectivity index (χ2n) is 4.26. The minimum Gasteiger partial charge on any atom is -0.490 e. The SMILES string of the molecule is CCOC(=O)c1cc(OC2CCCC2)cc(Cl)n1. The lowest BCUT2D eigenvalue weighted by atomic mass is 10.3. The molecule has 5 heteroatoms. The largest absolute Gasteiger partial charge is 0.490 e. The number of carbonyl (C=O) groups excluding carboxylic acids is 1. The standard InChI is InChI=1S/C13H16ClNO3/c1-2-17-13(16)11-7-10(8-12(14)15-11)18-9-5-3-4-6-9/h7-9H,2-6H2,1H3. The summed E-state index contributed by atoms with van der Waals surface area (Å²) in [6.07, 6.45) is 4.70. The van der Waals surface area contributed by atoms with Crippen LogP contribution in [0.25, 0.3) is 0 Å². The van der Waals surface area contributed by atoms with E-state index in [1.54, 1.807) is 19.1 Å². The van der Waals surface area contributed by atoms with Crippen molar-refractivity contribution in [2.24, 2.45) is 0 Å². The Balaban J connectivity index is 2.12. The zero-order valence-corrected chi connectivity index (χ0v) is 11.1. The molecule has 2 rings (SSSR count). The van der Waals surface area contributed by atoms with E-state index in [4.69, 9.17) is 21.1 Å². The quantitative estimate of drug-likeness (QED) is 0.622. The average Bonchev–Trinajstić information content (AvgIpc) is 2.81. The molecule has 1 aliphatic rings. The van der Waals surface area contributed by atoms with Crippen LogP contribution in [0, 0.1) is 0 Å². The average molecular weight is 270 g/mol. The van der Waals surface area contributed by atoms with Crippen molar-refractivity contribution < 1.29 is 14.3 Å². The maximum atomic E-state index is 11.6. The summed E-state index contributed by atoms with van der Waals surface area (Å²) in [4.78, 5) is 15.5. The number of carbonyl (C=O) groups is 1. The number of halogens is 1. The fourth-order valence-corrected chi connectivity index (χ4v) is 2.25. The van der Waals surface area contributed by atoms with Gasteiger partial charge < -0.3 is 9.47 Å². The Hall–Kier alpha value is -1.29. The first-order valence-corrected chi connectivity index (χ1v) is 6.58. The number of nitrogens with zero attached hydrogens (tertiary/aromatic N) is 1. The summed E-state index contributed by atoms with van der Waals surface area (Å²) in [6, 6.07) is 3.21. The van der Waals surface area contributed by atoms with Crippen molar-refractivity contribution in [1.29, 1.82) is 0 Å². The van der Waals surface area contributed by atoms with Gasteiger partial charge in [0.1, 0.15) is 10.9 Å². The van der Waals surface area contributed by atoms with Gasteiger partial charge in [-0.25, -0.2) is 9.78 Å². The van der Waals surface area contributed by atoms with Crippen LogP contribution < -0.4 is 4.74 Å². The highest BCUT2D eigenvalue weighted by molar-refractivity contribution is 6.29. The number of hydrogen-bond donors (Lipinski definition) is 0. The Kier molecular flexibility index (Phi) is 4.42. The molecule has 1 aliphatic carbocycles. The van der Waals surface area contributed by atoms with Gasteiger partial charge in [-0.2, -0.15) is 0 Å². The molecule has 0 spiro atoms. The lowest BCUT2D eigenvalue weighted by molar-refractivity contribution is 0.0518. The lowest BCUT2D eigenvalue weighted by Gasteiger charge is -2.13. The third kappa shape index (κ3) is 3.35. The van der Waals surface area contributed by atoms with Crippen molar-refractivity contribution in [3.63, 3.8) is 0 Å². The predicted octanol–water partition coefficient (Wildman–Crippen LogP) is 3.23. The highest BCUT2D eigenvalue weighted by atomic mass is 35.5. The van der Waals surface area contributed by atoms with E-state index < -0.39 is 5.97 Å². The number of aromatic nitrogens is 1. The Morgan fingerprint density at radius 3 is 2.83 bits per heavy atom. The molecule has 1 heterocycles. The minimum atomic E-state index is -0.476. The molecule has 0 aromatic carbocycles. The van der Waals surface area contributed by atoms with Crippen LogP contribution in [0.5, 0.6) is 5.75 Å². The minimum absolute atomic E-state index is 0.192. The maximum Gasteiger partial charge on any atom is 0.357 e. The highest BCUT2D eigenvalue weighted by Crippen LogP contribution is 2.26. The lowest BCUT2D eigenvalue weighted by Crippen LogP contribution is -2.12. The molecule has 0 unspecified atom stereocenters. The molecule has 0 N–H and O–H groups in total. The van der Waals surface area contributed by atoms with Gasteiger partial charge in [-0.1, -0.05) is 11.6 Å². The molecule has 0 radical (unpaired) electrons. The third-order valence-electron chi connectivity index (χ3n) is 2.86. The van der Waals surface area contributed by atoms with Crippen LogP contribution in [0.2, 0.25) is 5.15 Å². The molecule has 0 amide bonds. The van der Waals surface area contributed by atoms with Crippen molar-refractivity contribution >= 4 is 17.6 Å². The van der Waals surface area contributed by atoms with E-state index in [2.05, 4.69) is 4.98 Å². The van der Waals surface area contributed by atoms with Crippen LogP contribution in [-0.2, 0) is 4.74 Å². The fourth-order valence-electron chi connectivity index (χ4n) is 2.05. The Morgan fingerprint density at radius 2 is 2.17 bits per heavy atom. The van der Waals surface area contributed by atoms with Crippen molar-refractivity contribution in [2.45, 2.75) is 38.7 Å². The summed E-state index contributed by atoms with van der Waals surface area (Å²) in [5.74, 6) is 0.112. The van der Waals surface area contributed by atoms with E-state index >= 15 is 0 Å². The van der Waals surface area contributed by atoms with E-state index in [1.807, 2.05) is 0 Å². The van der Waals surface area contributed by atoms with E-state index in [1.165, 1.54) is 12.8 Å². The topological polar surface area (TPSA) is 48.4 Å². The zero-order chi connectivity index (χ0) is 13.0. The van der Waals surface area contributed by atoms with Gasteiger partial charge in [-0.3, -0.25) is 0 Å². The molecular weight excluding hydrogens is 254 g/mol. The van der Waals surface area contributed by atoms with Crippen molar-refractivity contribution in [1.82, 2.24) is 4.98 Å². The Labute approximate surface area is 111 Å². The van der Waals surface area contributed by atoms with Gasteiger partial charge in [0.2, 0.25) is 0 Å². The van der Waals surface area contributed by atoms with Crippen LogP contribution >= 0.6 is 11.6 Å². The second kappa shape index (κ2) is 6.05. The van der Waals surface area contributed by atoms with Crippen LogP contribution in [0.15, 0.2) is 12.1 Å². The molecule has 0 aliphatic heterocycles. The highest BCUT2D eigenvalue weighted by Gasteiger charge is 2.18. The van der Waals surface area contributed by atoms with Crippen molar-refractivity contribution in [3.05, 3.63) is 23.0 Å². The van der Waals surface area contributed by atoms with Crippen LogP contribution in [0.1, 0.15) is 43.1 Å². The van der Waals surface area contributed by atoms with E-state index in [0.717, 1.165) is 12.8 Å². The molecule has 0 atom stereocenters. The smallest absolute Gasteiger partial charge is 0.357 e. The number of esters is 1. The molecule has 1 aromatic heterocycles. The van der Waals surface area contributed by atoms with E-state index in [-0.39, 0.29) is 17.0 Å². The van der Waals surface area contributed by atoms with E-state index in [0.29, 0.717) is 12.4 Å². The number of hydrogen-bond acceptors (Lipinski definition) is 4. The molecule has 0 saturated heterocycles. The first-order chi connectivity index (χ1) is 8.69. The normalized spacial score (nSPS) is 15.7. The number of pyridine rings is 1. The summed E-state index contributed by atoms with van der Waals surface area (Å²) in [5.41, 5.74) is 0.192.